The van der Waals surface area contributed by atoms with Crippen molar-refractivity contribution in [2.24, 2.45) is 0 Å². The zero-order valence-electron chi connectivity index (χ0n) is 9.87. The molecule has 5 atom stereocenters. The molecule has 0 bridgehead atoms. The fourth-order valence-corrected chi connectivity index (χ4v) is 1.91. The zero-order chi connectivity index (χ0) is 13.0. The largest absolute Gasteiger partial charge is 0.394 e. The molecular formula is C10H19NO6. The molecule has 0 aliphatic carbocycles. The molecule has 4 unspecified atom stereocenters. The van der Waals surface area contributed by atoms with Gasteiger partial charge in [-0.15, -0.1) is 0 Å². The quantitative estimate of drug-likeness (QED) is 0.443. The molecule has 4 N–H and O–H groups in total. The van der Waals surface area contributed by atoms with E-state index in [-0.39, 0.29) is 12.5 Å². The maximum Gasteiger partial charge on any atom is 0.217 e. The molecule has 0 aromatic rings. The standard InChI is InChI=1S/C10H19NO6/c1-5(13)11-8-7(4-16-2)17-6(3-12)9(14)10(8)15/h6-10,12,14-15H,3-4H2,1-2H3,(H,11,13)/t6?,7?,8?,9-,10?/m1/s1. The van der Waals surface area contributed by atoms with Gasteiger partial charge in [-0.05, 0) is 0 Å². The van der Waals surface area contributed by atoms with E-state index in [0.29, 0.717) is 0 Å². The van der Waals surface area contributed by atoms with Crippen LogP contribution >= 0.6 is 0 Å². The molecule has 7 nitrogen and oxygen atoms in total. The molecule has 1 aliphatic heterocycles. The topological polar surface area (TPSA) is 108 Å². The lowest BCUT2D eigenvalue weighted by atomic mass is 9.93. The van der Waals surface area contributed by atoms with E-state index in [2.05, 4.69) is 5.32 Å². The van der Waals surface area contributed by atoms with Crippen molar-refractivity contribution in [3.8, 4) is 0 Å². The molecule has 0 spiro atoms. The fourth-order valence-electron chi connectivity index (χ4n) is 1.91. The first-order valence-electron chi connectivity index (χ1n) is 5.39. The molecule has 0 radical (unpaired) electrons. The van der Waals surface area contributed by atoms with Crippen molar-refractivity contribution in [2.45, 2.75) is 37.4 Å². The van der Waals surface area contributed by atoms with Crippen LogP contribution in [0.2, 0.25) is 0 Å². The van der Waals surface area contributed by atoms with Crippen LogP contribution in [0, 0.1) is 0 Å². The summed E-state index contributed by atoms with van der Waals surface area (Å²) in [5.41, 5.74) is 0. The number of hydrogen-bond donors (Lipinski definition) is 4. The van der Waals surface area contributed by atoms with Gasteiger partial charge in [-0.1, -0.05) is 0 Å². The van der Waals surface area contributed by atoms with Gasteiger partial charge in [-0.3, -0.25) is 4.79 Å². The van der Waals surface area contributed by atoms with Gasteiger partial charge in [0.25, 0.3) is 0 Å². The Morgan fingerprint density at radius 3 is 2.47 bits per heavy atom. The number of nitrogens with one attached hydrogen (secondary N) is 1. The fraction of sp³-hybridized carbons (Fsp3) is 0.900. The van der Waals surface area contributed by atoms with Crippen LogP contribution in [0.15, 0.2) is 0 Å². The van der Waals surface area contributed by atoms with Crippen molar-refractivity contribution in [1.82, 2.24) is 5.32 Å². The van der Waals surface area contributed by atoms with Crippen molar-refractivity contribution in [2.75, 3.05) is 20.3 Å². The molecule has 1 rings (SSSR count). The Hall–Kier alpha value is -0.730. The second-order valence-corrected chi connectivity index (χ2v) is 4.06. The summed E-state index contributed by atoms with van der Waals surface area (Å²) < 4.78 is 10.3. The van der Waals surface area contributed by atoms with E-state index in [1.165, 1.54) is 14.0 Å². The second kappa shape index (κ2) is 6.27. The van der Waals surface area contributed by atoms with E-state index in [1.807, 2.05) is 0 Å². The highest BCUT2D eigenvalue weighted by atomic mass is 16.6. The predicted octanol–water partition coefficient (Wildman–Crippen LogP) is -2.38. The maximum absolute atomic E-state index is 11.0. The van der Waals surface area contributed by atoms with Crippen LogP contribution in [-0.4, -0.2) is 72.0 Å². The molecule has 0 aromatic carbocycles. The lowest BCUT2D eigenvalue weighted by Crippen LogP contribution is -2.64. The van der Waals surface area contributed by atoms with Gasteiger partial charge in [0.05, 0.1) is 19.3 Å². The summed E-state index contributed by atoms with van der Waals surface area (Å²) in [4.78, 5) is 11.0. The van der Waals surface area contributed by atoms with Crippen LogP contribution in [0.25, 0.3) is 0 Å². The number of carbonyl (C=O) groups is 1. The van der Waals surface area contributed by atoms with E-state index in [1.54, 1.807) is 0 Å². The number of hydrogen-bond acceptors (Lipinski definition) is 6. The highest BCUT2D eigenvalue weighted by molar-refractivity contribution is 5.73. The van der Waals surface area contributed by atoms with Crippen LogP contribution in [0.1, 0.15) is 6.92 Å². The van der Waals surface area contributed by atoms with Crippen molar-refractivity contribution in [3.63, 3.8) is 0 Å². The molecule has 1 saturated heterocycles. The zero-order valence-corrected chi connectivity index (χ0v) is 9.87. The average Bonchev–Trinajstić information content (AvgIpc) is 2.28. The number of ether oxygens (including phenoxy) is 2. The van der Waals surface area contributed by atoms with E-state index < -0.39 is 37.1 Å². The molecule has 100 valence electrons. The van der Waals surface area contributed by atoms with Crippen molar-refractivity contribution < 1.29 is 29.6 Å². The van der Waals surface area contributed by atoms with E-state index in [0.717, 1.165) is 0 Å². The summed E-state index contributed by atoms with van der Waals surface area (Å²) >= 11 is 0. The summed E-state index contributed by atoms with van der Waals surface area (Å²) in [6.07, 6.45) is -3.94. The Morgan fingerprint density at radius 2 is 2.00 bits per heavy atom. The number of rotatable bonds is 4. The third kappa shape index (κ3) is 3.36. The summed E-state index contributed by atoms with van der Waals surface area (Å²) in [5, 5.41) is 31.1. The van der Waals surface area contributed by atoms with Crippen LogP contribution < -0.4 is 5.32 Å². The van der Waals surface area contributed by atoms with Gasteiger partial charge < -0.3 is 30.1 Å². The van der Waals surface area contributed by atoms with Gasteiger partial charge in [0.1, 0.15) is 24.4 Å². The van der Waals surface area contributed by atoms with Crippen LogP contribution in [-0.2, 0) is 14.3 Å². The number of aliphatic hydroxyl groups is 3. The molecule has 1 aliphatic rings. The van der Waals surface area contributed by atoms with Gasteiger partial charge >= 0.3 is 0 Å². The van der Waals surface area contributed by atoms with Gasteiger partial charge in [0.15, 0.2) is 0 Å². The molecule has 0 aromatic heterocycles. The van der Waals surface area contributed by atoms with Gasteiger partial charge in [0.2, 0.25) is 5.91 Å². The smallest absolute Gasteiger partial charge is 0.217 e. The van der Waals surface area contributed by atoms with E-state index >= 15 is 0 Å². The first kappa shape index (κ1) is 14.3. The molecule has 0 saturated carbocycles. The minimum Gasteiger partial charge on any atom is -0.394 e. The SMILES string of the molecule is COCC1OC(CO)[C@@H](O)C(O)C1NC(C)=O. The average molecular weight is 249 g/mol. The Kier molecular flexibility index (Phi) is 5.29. The first-order valence-corrected chi connectivity index (χ1v) is 5.39. The Balaban J connectivity index is 2.78. The minimum absolute atomic E-state index is 0.144. The molecule has 1 fully saturated rings. The van der Waals surface area contributed by atoms with Gasteiger partial charge in [0, 0.05) is 14.0 Å². The third-order valence-electron chi connectivity index (χ3n) is 2.73. The highest BCUT2D eigenvalue weighted by Gasteiger charge is 2.44. The van der Waals surface area contributed by atoms with Gasteiger partial charge in [-0.2, -0.15) is 0 Å². The van der Waals surface area contributed by atoms with Crippen LogP contribution in [0.5, 0.6) is 0 Å². The monoisotopic (exact) mass is 249 g/mol. The molecular weight excluding hydrogens is 230 g/mol. The Bertz CT molecular complexity index is 261. The Morgan fingerprint density at radius 1 is 1.35 bits per heavy atom. The van der Waals surface area contributed by atoms with Gasteiger partial charge in [-0.25, -0.2) is 0 Å². The predicted molar refractivity (Wildman–Crippen MR) is 57.2 cm³/mol. The Labute approximate surface area is 99.3 Å². The third-order valence-corrected chi connectivity index (χ3v) is 2.73. The minimum atomic E-state index is -1.25. The molecule has 1 amide bonds. The number of aliphatic hydroxyl groups excluding tert-OH is 3. The number of carbonyl (C=O) groups excluding carboxylic acids is 1. The molecule has 7 heteroatoms. The van der Waals surface area contributed by atoms with Crippen molar-refractivity contribution in [3.05, 3.63) is 0 Å². The van der Waals surface area contributed by atoms with Crippen molar-refractivity contribution in [1.29, 1.82) is 0 Å². The number of amides is 1. The lowest BCUT2D eigenvalue weighted by Gasteiger charge is -2.42. The number of methoxy groups -OCH3 is 1. The first-order chi connectivity index (χ1) is 8.01. The summed E-state index contributed by atoms with van der Waals surface area (Å²) in [6, 6.07) is -0.759. The normalized spacial score (nSPS) is 37.8. The highest BCUT2D eigenvalue weighted by Crippen LogP contribution is 2.21. The van der Waals surface area contributed by atoms with Crippen LogP contribution in [0.3, 0.4) is 0 Å². The second-order valence-electron chi connectivity index (χ2n) is 4.06. The van der Waals surface area contributed by atoms with Crippen LogP contribution in [0.4, 0.5) is 0 Å². The van der Waals surface area contributed by atoms with E-state index in [4.69, 9.17) is 14.6 Å². The molecule has 17 heavy (non-hydrogen) atoms. The summed E-state index contributed by atoms with van der Waals surface area (Å²) in [6.45, 7) is 1.04. The molecule has 1 heterocycles. The van der Waals surface area contributed by atoms with E-state index in [9.17, 15) is 15.0 Å². The summed E-state index contributed by atoms with van der Waals surface area (Å²) in [5.74, 6) is -0.339. The maximum atomic E-state index is 11.0. The van der Waals surface area contributed by atoms with Crippen molar-refractivity contribution >= 4 is 5.91 Å². The summed E-state index contributed by atoms with van der Waals surface area (Å²) in [7, 11) is 1.46. The lowest BCUT2D eigenvalue weighted by molar-refractivity contribution is -0.204.